The van der Waals surface area contributed by atoms with Crippen molar-refractivity contribution in [2.45, 2.75) is 0 Å². The predicted molar refractivity (Wildman–Crippen MR) is 61.1 cm³/mol. The molecule has 3 rings (SSSR count). The summed E-state index contributed by atoms with van der Waals surface area (Å²) in [6.07, 6.45) is 3.35. The molecule has 87 valence electrons. The Kier molecular flexibility index (Phi) is 3.40. The van der Waals surface area contributed by atoms with Crippen LogP contribution in [0.5, 0.6) is 0 Å². The minimum atomic E-state index is 0. The summed E-state index contributed by atoms with van der Waals surface area (Å²) in [5.74, 6) is 1.59. The smallest absolute Gasteiger partial charge is 0.214 e. The Morgan fingerprint density at radius 2 is 1.94 bits per heavy atom. The molecule has 0 unspecified atom stereocenters. The monoisotopic (exact) mass is 402 g/mol. The van der Waals surface area contributed by atoms with Crippen LogP contribution in [0.1, 0.15) is 0 Å². The van der Waals surface area contributed by atoms with Gasteiger partial charge in [0.05, 0.1) is 0 Å². The fourth-order valence-electron chi connectivity index (χ4n) is 1.65. The molecule has 3 radical (unpaired) electrons. The van der Waals surface area contributed by atoms with Crippen molar-refractivity contribution >= 4 is 17.3 Å². The molecule has 1 aromatic heterocycles. The zero-order valence-electron chi connectivity index (χ0n) is 9.09. The van der Waals surface area contributed by atoms with Crippen molar-refractivity contribution in [3.8, 4) is 0 Å². The quantitative estimate of drug-likeness (QED) is 0.683. The van der Waals surface area contributed by atoms with Crippen molar-refractivity contribution < 1.29 is 20.1 Å². The van der Waals surface area contributed by atoms with Gasteiger partial charge in [0.2, 0.25) is 6.67 Å². The largest absolute Gasteiger partial charge is 0.326 e. The first-order valence-electron chi connectivity index (χ1n) is 4.94. The second-order valence-electron chi connectivity index (χ2n) is 3.45. The molecule has 0 amide bonds. The fourth-order valence-corrected chi connectivity index (χ4v) is 1.65. The average molecular weight is 401 g/mol. The Balaban J connectivity index is 0.00000108. The number of fused-ring (bicyclic) bond motifs is 1. The number of aromatic nitrogens is 2. The molecule has 1 aliphatic heterocycles. The van der Waals surface area contributed by atoms with Crippen molar-refractivity contribution in [1.82, 2.24) is 9.97 Å². The van der Waals surface area contributed by atoms with Gasteiger partial charge in [-0.3, -0.25) is 0 Å². The van der Waals surface area contributed by atoms with Crippen LogP contribution in [-0.2, 0) is 20.1 Å². The van der Waals surface area contributed by atoms with Crippen LogP contribution < -0.4 is 9.80 Å². The maximum Gasteiger partial charge on any atom is 0.214 e. The van der Waals surface area contributed by atoms with Crippen LogP contribution in [0.25, 0.3) is 0 Å². The standard InChI is InChI=1S/C12H9N4.Ir/c1-15-9-16(10-5-3-2-4-6-10)12-11(15)13-7-8-14-12;/h2-5,7-8H,1H3;/q-1;. The van der Waals surface area contributed by atoms with E-state index in [1.54, 1.807) is 12.4 Å². The van der Waals surface area contributed by atoms with Crippen LogP contribution in [0.4, 0.5) is 17.3 Å². The summed E-state index contributed by atoms with van der Waals surface area (Å²) >= 11 is 0. The molecular weight excluding hydrogens is 392 g/mol. The van der Waals surface area contributed by atoms with Gasteiger partial charge in [-0.05, 0) is 0 Å². The van der Waals surface area contributed by atoms with Crippen molar-refractivity contribution in [2.75, 3.05) is 16.8 Å². The van der Waals surface area contributed by atoms with Crippen molar-refractivity contribution in [1.29, 1.82) is 0 Å². The molecule has 0 bridgehead atoms. The molecule has 1 aliphatic rings. The normalized spacial score (nSPS) is 13.2. The van der Waals surface area contributed by atoms with E-state index in [1.165, 1.54) is 0 Å². The van der Waals surface area contributed by atoms with Crippen molar-refractivity contribution in [2.24, 2.45) is 0 Å². The fraction of sp³-hybridized carbons (Fsp3) is 0.0833. The summed E-state index contributed by atoms with van der Waals surface area (Å²) in [6.45, 7) is 3.15. The van der Waals surface area contributed by atoms with Crippen LogP contribution in [0.2, 0.25) is 0 Å². The summed E-state index contributed by atoms with van der Waals surface area (Å²) in [5, 5.41) is 0. The Morgan fingerprint density at radius 3 is 2.65 bits per heavy atom. The molecule has 0 saturated carbocycles. The molecule has 0 aliphatic carbocycles. The van der Waals surface area contributed by atoms with Crippen LogP contribution in [0.3, 0.4) is 0 Å². The molecule has 0 spiro atoms. The SMILES string of the molecule is CN1[C]N(c2[c-]cccc2)c2nccnc21.[Ir]. The molecule has 1 aromatic carbocycles. The van der Waals surface area contributed by atoms with Crippen molar-refractivity contribution in [3.63, 3.8) is 0 Å². The third-order valence-electron chi connectivity index (χ3n) is 2.37. The van der Waals surface area contributed by atoms with Gasteiger partial charge in [0, 0.05) is 39.5 Å². The molecule has 0 saturated heterocycles. The van der Waals surface area contributed by atoms with Gasteiger partial charge in [0.1, 0.15) is 0 Å². The van der Waals surface area contributed by atoms with Gasteiger partial charge in [0.15, 0.2) is 11.6 Å². The van der Waals surface area contributed by atoms with Gasteiger partial charge in [-0.2, -0.15) is 24.3 Å². The van der Waals surface area contributed by atoms with E-state index in [-0.39, 0.29) is 20.1 Å². The van der Waals surface area contributed by atoms with Crippen LogP contribution in [0.15, 0.2) is 36.7 Å². The Bertz CT molecular complexity index is 503. The van der Waals surface area contributed by atoms with E-state index in [4.69, 9.17) is 0 Å². The van der Waals surface area contributed by atoms with Gasteiger partial charge < -0.3 is 9.80 Å². The molecule has 5 heteroatoms. The third kappa shape index (κ3) is 2.04. The van der Waals surface area contributed by atoms with E-state index >= 15 is 0 Å². The van der Waals surface area contributed by atoms with Gasteiger partial charge in [-0.15, -0.1) is 6.07 Å². The van der Waals surface area contributed by atoms with E-state index in [9.17, 15) is 0 Å². The van der Waals surface area contributed by atoms with E-state index in [0.717, 1.165) is 17.3 Å². The molecule has 0 fully saturated rings. The molecule has 2 heterocycles. The van der Waals surface area contributed by atoms with Crippen LogP contribution in [0, 0.1) is 12.7 Å². The first kappa shape index (κ1) is 12.0. The summed E-state index contributed by atoms with van der Waals surface area (Å²) in [7, 11) is 1.90. The molecular formula is C12H9IrN4-. The first-order chi connectivity index (χ1) is 7.86. The van der Waals surface area contributed by atoms with Crippen molar-refractivity contribution in [3.05, 3.63) is 49.4 Å². The number of rotatable bonds is 1. The zero-order valence-corrected chi connectivity index (χ0v) is 11.5. The maximum atomic E-state index is 4.31. The summed E-state index contributed by atoms with van der Waals surface area (Å²) in [5.41, 5.74) is 0.911. The zero-order chi connectivity index (χ0) is 11.0. The number of anilines is 3. The van der Waals surface area contributed by atoms with Gasteiger partial charge in [-0.1, -0.05) is 5.69 Å². The second kappa shape index (κ2) is 4.82. The molecule has 4 nitrogen and oxygen atoms in total. The molecule has 17 heavy (non-hydrogen) atoms. The molecule has 2 aromatic rings. The van der Waals surface area contributed by atoms with Gasteiger partial charge in [-0.25, -0.2) is 9.97 Å². The van der Waals surface area contributed by atoms with Crippen LogP contribution >= 0.6 is 0 Å². The van der Waals surface area contributed by atoms with E-state index < -0.39 is 0 Å². The minimum absolute atomic E-state index is 0. The van der Waals surface area contributed by atoms with E-state index in [1.807, 2.05) is 41.1 Å². The Labute approximate surface area is 114 Å². The van der Waals surface area contributed by atoms with Crippen LogP contribution in [-0.4, -0.2) is 17.0 Å². The third-order valence-corrected chi connectivity index (χ3v) is 2.37. The minimum Gasteiger partial charge on any atom is -0.326 e. The Morgan fingerprint density at radius 1 is 1.18 bits per heavy atom. The summed E-state index contributed by atoms with van der Waals surface area (Å²) < 4.78 is 0. The predicted octanol–water partition coefficient (Wildman–Crippen LogP) is 1.86. The molecule has 0 N–H and O–H groups in total. The van der Waals surface area contributed by atoms with E-state index in [2.05, 4.69) is 22.7 Å². The number of para-hydroxylation sites is 1. The summed E-state index contributed by atoms with van der Waals surface area (Å²) in [6, 6.07) is 10.9. The maximum absolute atomic E-state index is 4.31. The van der Waals surface area contributed by atoms with E-state index in [0.29, 0.717) is 0 Å². The molecule has 0 atom stereocenters. The number of hydrogen-bond donors (Lipinski definition) is 0. The topological polar surface area (TPSA) is 32.3 Å². The summed E-state index contributed by atoms with van der Waals surface area (Å²) in [4.78, 5) is 12.2. The number of benzene rings is 1. The van der Waals surface area contributed by atoms with Gasteiger partial charge >= 0.3 is 0 Å². The second-order valence-corrected chi connectivity index (χ2v) is 3.45. The Hall–Kier alpha value is -1.45. The number of nitrogens with zero attached hydrogens (tertiary/aromatic N) is 4. The first-order valence-corrected chi connectivity index (χ1v) is 4.94. The average Bonchev–Trinajstić information content (AvgIpc) is 2.69. The van der Waals surface area contributed by atoms with Gasteiger partial charge in [0.25, 0.3) is 0 Å². The number of hydrogen-bond acceptors (Lipinski definition) is 4.